The Hall–Kier alpha value is -3.41. The van der Waals surface area contributed by atoms with E-state index in [1.54, 1.807) is 10.9 Å². The van der Waals surface area contributed by atoms with Gasteiger partial charge in [0.05, 0.1) is 37.2 Å². The number of carbonyl (C=O) groups is 2. The van der Waals surface area contributed by atoms with Gasteiger partial charge < -0.3 is 19.7 Å². The highest BCUT2D eigenvalue weighted by Gasteiger charge is 2.26. The van der Waals surface area contributed by atoms with Crippen LogP contribution in [0.3, 0.4) is 0 Å². The van der Waals surface area contributed by atoms with Crippen LogP contribution in [0.15, 0.2) is 24.7 Å². The molecule has 1 aliphatic carbocycles. The summed E-state index contributed by atoms with van der Waals surface area (Å²) in [5, 5.41) is 10.9. The third-order valence-electron chi connectivity index (χ3n) is 6.43. The summed E-state index contributed by atoms with van der Waals surface area (Å²) in [4.78, 5) is 27.8. The van der Waals surface area contributed by atoms with E-state index in [-0.39, 0.29) is 23.3 Å². The van der Waals surface area contributed by atoms with Crippen molar-refractivity contribution in [3.8, 4) is 0 Å². The van der Waals surface area contributed by atoms with Gasteiger partial charge in [-0.1, -0.05) is 19.3 Å². The Labute approximate surface area is 201 Å². The molecule has 2 aliphatic rings. The standard InChI is InChI=1S/C22H27F2N7O2.CH2O/c1-14-13-33-10-9-29(14)18-7-8-30-21(27-18)16(11-25-30)22(32)26-17-12-31(28-19(17)20(23)24)15-5-3-2-4-6-15;1-2/h7-8,11-12,14-15,20H,2-6,9-10,13H2,1H3,(H,26,32);1H2/t14-;/m1./s1. The van der Waals surface area contributed by atoms with Crippen LogP contribution in [-0.2, 0) is 9.53 Å². The van der Waals surface area contributed by atoms with Gasteiger partial charge in [0.1, 0.15) is 18.2 Å². The molecule has 4 heterocycles. The Morgan fingerprint density at radius 2 is 2.03 bits per heavy atom. The number of rotatable bonds is 5. The summed E-state index contributed by atoms with van der Waals surface area (Å²) in [5.41, 5.74) is 0.185. The van der Waals surface area contributed by atoms with E-state index < -0.39 is 18.0 Å². The highest BCUT2D eigenvalue weighted by atomic mass is 19.3. The molecule has 5 rings (SSSR count). The van der Waals surface area contributed by atoms with Crippen LogP contribution in [0.25, 0.3) is 5.65 Å². The molecule has 1 aliphatic heterocycles. The molecule has 3 aromatic rings. The second-order valence-electron chi connectivity index (χ2n) is 8.68. The number of nitrogens with one attached hydrogen (secondary N) is 1. The first-order valence-corrected chi connectivity index (χ1v) is 11.7. The lowest BCUT2D eigenvalue weighted by Crippen LogP contribution is -2.44. The molecular formula is C23H29F2N7O3. The fourth-order valence-corrected chi connectivity index (χ4v) is 4.63. The number of anilines is 2. The fraction of sp³-hybridized carbons (Fsp3) is 0.522. The first kappa shape index (κ1) is 24.7. The van der Waals surface area contributed by atoms with Crippen LogP contribution < -0.4 is 10.2 Å². The van der Waals surface area contributed by atoms with Gasteiger partial charge in [0.15, 0.2) is 11.3 Å². The van der Waals surface area contributed by atoms with Gasteiger partial charge in [0, 0.05) is 18.9 Å². The van der Waals surface area contributed by atoms with E-state index in [9.17, 15) is 13.6 Å². The van der Waals surface area contributed by atoms with E-state index in [1.165, 1.54) is 16.9 Å². The number of hydrogen-bond donors (Lipinski definition) is 1. The second kappa shape index (κ2) is 10.9. The summed E-state index contributed by atoms with van der Waals surface area (Å²) < 4.78 is 35.9. The lowest BCUT2D eigenvalue weighted by molar-refractivity contribution is -0.0980. The highest BCUT2D eigenvalue weighted by molar-refractivity contribution is 6.08. The molecule has 1 saturated carbocycles. The molecule has 188 valence electrons. The molecule has 1 atom stereocenters. The lowest BCUT2D eigenvalue weighted by atomic mass is 9.96. The van der Waals surface area contributed by atoms with Crippen LogP contribution in [-0.4, -0.2) is 62.9 Å². The van der Waals surface area contributed by atoms with E-state index >= 15 is 0 Å². The van der Waals surface area contributed by atoms with E-state index in [2.05, 4.69) is 25.4 Å². The minimum absolute atomic E-state index is 0.0258. The smallest absolute Gasteiger partial charge is 0.284 e. The lowest BCUT2D eigenvalue weighted by Gasteiger charge is -2.34. The van der Waals surface area contributed by atoms with Gasteiger partial charge in [-0.3, -0.25) is 9.48 Å². The number of alkyl halides is 2. The predicted molar refractivity (Wildman–Crippen MR) is 125 cm³/mol. The number of ether oxygens (including phenoxy) is 1. The van der Waals surface area contributed by atoms with Crippen LogP contribution in [0.1, 0.15) is 67.5 Å². The van der Waals surface area contributed by atoms with Crippen LogP contribution >= 0.6 is 0 Å². The normalized spacial score (nSPS) is 19.0. The molecular weight excluding hydrogens is 460 g/mol. The van der Waals surface area contributed by atoms with Crippen molar-refractivity contribution in [1.29, 1.82) is 0 Å². The summed E-state index contributed by atoms with van der Waals surface area (Å²) >= 11 is 0. The molecule has 10 nitrogen and oxygen atoms in total. The molecule has 0 aromatic carbocycles. The number of nitrogens with zero attached hydrogens (tertiary/aromatic N) is 6. The van der Waals surface area contributed by atoms with Gasteiger partial charge in [-0.15, -0.1) is 0 Å². The summed E-state index contributed by atoms with van der Waals surface area (Å²) in [6.45, 7) is 5.94. The van der Waals surface area contributed by atoms with Crippen molar-refractivity contribution >= 4 is 29.8 Å². The quantitative estimate of drug-likeness (QED) is 0.583. The van der Waals surface area contributed by atoms with Crippen LogP contribution in [0.5, 0.6) is 0 Å². The summed E-state index contributed by atoms with van der Waals surface area (Å²) in [5.74, 6) is 0.168. The Balaban J connectivity index is 0.00000141. The zero-order chi connectivity index (χ0) is 24.9. The Kier molecular flexibility index (Phi) is 7.69. The SMILES string of the molecule is C=O.C[C@@H]1COCCN1c1ccn2ncc(C(=O)Nc3cn(C4CCCCC4)nc3C(F)F)c2n1. The maximum atomic E-state index is 13.7. The zero-order valence-corrected chi connectivity index (χ0v) is 19.6. The van der Waals surface area contributed by atoms with Crippen molar-refractivity contribution in [2.45, 2.75) is 57.5 Å². The number of hydrogen-bond acceptors (Lipinski definition) is 7. The van der Waals surface area contributed by atoms with Gasteiger partial charge in [-0.05, 0) is 25.8 Å². The zero-order valence-electron chi connectivity index (χ0n) is 19.6. The van der Waals surface area contributed by atoms with E-state index in [0.717, 1.165) is 32.1 Å². The summed E-state index contributed by atoms with van der Waals surface area (Å²) in [6, 6.07) is 2.07. The largest absolute Gasteiger partial charge is 0.377 e. The van der Waals surface area contributed by atoms with Crippen molar-refractivity contribution in [3.05, 3.63) is 35.9 Å². The monoisotopic (exact) mass is 489 g/mol. The average Bonchev–Trinajstić information content (AvgIpc) is 3.50. The Morgan fingerprint density at radius 1 is 1.26 bits per heavy atom. The van der Waals surface area contributed by atoms with Crippen molar-refractivity contribution in [3.63, 3.8) is 0 Å². The summed E-state index contributed by atoms with van der Waals surface area (Å²) in [6.07, 6.45) is 6.92. The number of halogens is 2. The molecule has 12 heteroatoms. The van der Waals surface area contributed by atoms with Crippen LogP contribution in [0.2, 0.25) is 0 Å². The number of carbonyl (C=O) groups excluding carboxylic acids is 2. The maximum absolute atomic E-state index is 13.7. The minimum Gasteiger partial charge on any atom is -0.377 e. The summed E-state index contributed by atoms with van der Waals surface area (Å²) in [7, 11) is 0. The third-order valence-corrected chi connectivity index (χ3v) is 6.43. The molecule has 1 N–H and O–H groups in total. The number of amides is 1. The van der Waals surface area contributed by atoms with Gasteiger partial charge in [0.25, 0.3) is 12.3 Å². The first-order valence-electron chi connectivity index (χ1n) is 11.7. The number of fused-ring (bicyclic) bond motifs is 1. The Bertz CT molecular complexity index is 1160. The first-order chi connectivity index (χ1) is 17.0. The molecule has 1 saturated heterocycles. The number of aromatic nitrogens is 5. The second-order valence-corrected chi connectivity index (χ2v) is 8.68. The highest BCUT2D eigenvalue weighted by Crippen LogP contribution is 2.32. The van der Waals surface area contributed by atoms with E-state index in [1.807, 2.05) is 19.8 Å². The van der Waals surface area contributed by atoms with E-state index in [0.29, 0.717) is 31.2 Å². The third kappa shape index (κ3) is 5.16. The topological polar surface area (TPSA) is 107 Å². The van der Waals surface area contributed by atoms with Gasteiger partial charge in [-0.2, -0.15) is 10.2 Å². The van der Waals surface area contributed by atoms with Crippen LogP contribution in [0, 0.1) is 0 Å². The van der Waals surface area contributed by atoms with Crippen molar-refractivity contribution < 1.29 is 23.1 Å². The van der Waals surface area contributed by atoms with Gasteiger partial charge >= 0.3 is 0 Å². The molecule has 35 heavy (non-hydrogen) atoms. The molecule has 0 radical (unpaired) electrons. The fourth-order valence-electron chi connectivity index (χ4n) is 4.63. The molecule has 0 bridgehead atoms. The number of morpholine rings is 1. The van der Waals surface area contributed by atoms with Gasteiger partial charge in [-0.25, -0.2) is 18.3 Å². The van der Waals surface area contributed by atoms with Crippen molar-refractivity contribution in [2.75, 3.05) is 30.0 Å². The molecule has 0 unspecified atom stereocenters. The van der Waals surface area contributed by atoms with Gasteiger partial charge in [0.2, 0.25) is 0 Å². The molecule has 1 amide bonds. The molecule has 0 spiro atoms. The van der Waals surface area contributed by atoms with E-state index in [4.69, 9.17) is 9.53 Å². The minimum atomic E-state index is -2.79. The molecule has 3 aromatic heterocycles. The van der Waals surface area contributed by atoms with Crippen molar-refractivity contribution in [1.82, 2.24) is 24.4 Å². The van der Waals surface area contributed by atoms with Crippen molar-refractivity contribution in [2.24, 2.45) is 0 Å². The maximum Gasteiger partial charge on any atom is 0.284 e. The molecule has 2 fully saturated rings. The predicted octanol–water partition coefficient (Wildman–Crippen LogP) is 3.66. The Morgan fingerprint density at radius 3 is 2.74 bits per heavy atom. The van der Waals surface area contributed by atoms with Crippen LogP contribution in [0.4, 0.5) is 20.3 Å². The average molecular weight is 490 g/mol.